The van der Waals surface area contributed by atoms with Crippen LogP contribution in [0.3, 0.4) is 0 Å². The van der Waals surface area contributed by atoms with E-state index in [1.165, 1.54) is 180 Å². The number of nitrogens with one attached hydrogen (secondary N) is 1. The van der Waals surface area contributed by atoms with Crippen LogP contribution < -0.4 is 5.32 Å². The molecule has 0 radical (unpaired) electrons. The molecule has 0 aromatic carbocycles. The van der Waals surface area contributed by atoms with Crippen molar-refractivity contribution in [2.24, 2.45) is 0 Å². The molecule has 0 aromatic heterocycles. The standard InChI is InChI=1S/C69H127NO13/c1-3-5-7-9-11-13-15-17-19-21-23-25-27-28-29-31-32-34-36-38-40-42-44-46-48-50-52-58(73)57(56-80-68-66(79)64(77)67(60(55-72)82-68)83-69-65(78)63(76)62(75)59(54-71)81-69)70-61(74)53-51-49-47-45-43-41-39-37-35-33-30-26-24-22-20-18-16-14-12-10-8-6-4-2/h6,8,12,14,18,20,24,26,57-60,62-69,71-73,75-79H,3-5,7,9-11,13,15-17,19,21-23,25,27-56H2,1-2H3,(H,70,74)/b8-6-,14-12-,20-18-,26-24-. The van der Waals surface area contributed by atoms with E-state index in [-0.39, 0.29) is 12.5 Å². The summed E-state index contributed by atoms with van der Waals surface area (Å²) in [6, 6.07) is -0.834. The summed E-state index contributed by atoms with van der Waals surface area (Å²) >= 11 is 0. The molecule has 2 fully saturated rings. The summed E-state index contributed by atoms with van der Waals surface area (Å²) in [6.07, 6.45) is 52.6. The molecule has 12 unspecified atom stereocenters. The van der Waals surface area contributed by atoms with Crippen molar-refractivity contribution in [1.82, 2.24) is 5.32 Å². The van der Waals surface area contributed by atoms with E-state index in [0.717, 1.165) is 83.5 Å². The molecule has 2 rings (SSSR count). The fraction of sp³-hybridized carbons (Fsp3) is 0.870. The number of ether oxygens (including phenoxy) is 4. The number of hydrogen-bond donors (Lipinski definition) is 9. The van der Waals surface area contributed by atoms with Crippen molar-refractivity contribution in [3.05, 3.63) is 48.6 Å². The van der Waals surface area contributed by atoms with Crippen molar-refractivity contribution < 1.29 is 64.6 Å². The lowest BCUT2D eigenvalue weighted by Crippen LogP contribution is -2.65. The molecule has 2 saturated heterocycles. The average Bonchev–Trinajstić information content (AvgIpc) is 3.64. The van der Waals surface area contributed by atoms with E-state index < -0.39 is 86.8 Å². The van der Waals surface area contributed by atoms with Crippen LogP contribution in [0.25, 0.3) is 0 Å². The Hall–Kier alpha value is -2.05. The zero-order valence-corrected chi connectivity index (χ0v) is 52.7. The molecule has 0 bridgehead atoms. The Kier molecular flexibility index (Phi) is 50.2. The normalized spacial score (nSPS) is 24.1. The number of aliphatic hydroxyl groups is 8. The minimum absolute atomic E-state index is 0.209. The van der Waals surface area contributed by atoms with Gasteiger partial charge in [0.05, 0.1) is 32.0 Å². The lowest BCUT2D eigenvalue weighted by atomic mass is 9.97. The Labute approximate surface area is 505 Å². The van der Waals surface area contributed by atoms with Crippen LogP contribution in [-0.4, -0.2) is 140 Å². The van der Waals surface area contributed by atoms with E-state index in [9.17, 15) is 45.6 Å². The highest BCUT2D eigenvalue weighted by atomic mass is 16.7. The highest BCUT2D eigenvalue weighted by molar-refractivity contribution is 5.76. The number of unbranched alkanes of at least 4 members (excludes halogenated alkanes) is 35. The molecule has 0 aliphatic carbocycles. The maximum atomic E-state index is 13.3. The van der Waals surface area contributed by atoms with E-state index in [4.69, 9.17) is 18.9 Å². The van der Waals surface area contributed by atoms with Gasteiger partial charge in [-0.15, -0.1) is 0 Å². The van der Waals surface area contributed by atoms with Crippen molar-refractivity contribution in [3.63, 3.8) is 0 Å². The topological polar surface area (TPSA) is 228 Å². The Balaban J connectivity index is 1.68. The van der Waals surface area contributed by atoms with E-state index in [1.54, 1.807) is 0 Å². The molecule has 0 aromatic rings. The van der Waals surface area contributed by atoms with E-state index in [0.29, 0.717) is 12.8 Å². The van der Waals surface area contributed by atoms with Crippen molar-refractivity contribution >= 4 is 5.91 Å². The van der Waals surface area contributed by atoms with Crippen molar-refractivity contribution in [1.29, 1.82) is 0 Å². The van der Waals surface area contributed by atoms with Gasteiger partial charge in [0.15, 0.2) is 12.6 Å². The predicted molar refractivity (Wildman–Crippen MR) is 337 cm³/mol. The summed E-state index contributed by atoms with van der Waals surface area (Å²) in [5.41, 5.74) is 0. The second kappa shape index (κ2) is 54.1. The van der Waals surface area contributed by atoms with Gasteiger partial charge in [-0.1, -0.05) is 281 Å². The Morgan fingerprint density at radius 1 is 0.446 bits per heavy atom. The molecular weight excluding hydrogens is 1050 g/mol. The van der Waals surface area contributed by atoms with Gasteiger partial charge in [-0.3, -0.25) is 4.79 Å². The van der Waals surface area contributed by atoms with Crippen LogP contribution in [0.2, 0.25) is 0 Å². The third-order valence-electron chi connectivity index (χ3n) is 16.8. The Bertz CT molecular complexity index is 1580. The molecule has 14 nitrogen and oxygen atoms in total. The zero-order valence-electron chi connectivity index (χ0n) is 52.7. The van der Waals surface area contributed by atoms with Crippen LogP contribution in [0.5, 0.6) is 0 Å². The molecule has 9 N–H and O–H groups in total. The maximum Gasteiger partial charge on any atom is 0.220 e. The van der Waals surface area contributed by atoms with Crippen molar-refractivity contribution in [2.75, 3.05) is 19.8 Å². The number of aliphatic hydroxyl groups excluding tert-OH is 8. The summed E-state index contributed by atoms with van der Waals surface area (Å²) in [5, 5.41) is 87.6. The van der Waals surface area contributed by atoms with Gasteiger partial charge in [-0.2, -0.15) is 0 Å². The van der Waals surface area contributed by atoms with E-state index in [1.807, 2.05) is 0 Å². The zero-order chi connectivity index (χ0) is 60.2. The Morgan fingerprint density at radius 2 is 0.831 bits per heavy atom. The molecular formula is C69H127NO13. The van der Waals surface area contributed by atoms with Crippen LogP contribution >= 0.6 is 0 Å². The number of allylic oxidation sites excluding steroid dienone is 8. The molecule has 14 heteroatoms. The van der Waals surface area contributed by atoms with Crippen LogP contribution in [0.15, 0.2) is 48.6 Å². The van der Waals surface area contributed by atoms with Gasteiger partial charge in [0, 0.05) is 6.42 Å². The first kappa shape index (κ1) is 77.0. The second-order valence-corrected chi connectivity index (χ2v) is 24.3. The van der Waals surface area contributed by atoms with Gasteiger partial charge in [0.2, 0.25) is 5.91 Å². The van der Waals surface area contributed by atoms with Gasteiger partial charge >= 0.3 is 0 Å². The second-order valence-electron chi connectivity index (χ2n) is 24.3. The largest absolute Gasteiger partial charge is 0.394 e. The SMILES string of the molecule is CC/C=C\C/C=C\C/C=C\C/C=C\CCCCCCCCCCCCC(=O)NC(COC1OC(CO)C(OC2OC(CO)C(O)C(O)C2O)C(O)C1O)C(O)CCCCCCCCCCCCCCCCCCCCCCCCCCCC. The van der Waals surface area contributed by atoms with Crippen LogP contribution in [0.1, 0.15) is 290 Å². The fourth-order valence-electron chi connectivity index (χ4n) is 11.3. The van der Waals surface area contributed by atoms with Crippen LogP contribution in [0, 0.1) is 0 Å². The maximum absolute atomic E-state index is 13.3. The molecule has 2 aliphatic rings. The lowest BCUT2D eigenvalue weighted by molar-refractivity contribution is -0.359. The van der Waals surface area contributed by atoms with Crippen molar-refractivity contribution in [2.45, 2.75) is 364 Å². The molecule has 2 aliphatic heterocycles. The highest BCUT2D eigenvalue weighted by Crippen LogP contribution is 2.30. The van der Waals surface area contributed by atoms with Crippen molar-refractivity contribution in [3.8, 4) is 0 Å². The fourth-order valence-corrected chi connectivity index (χ4v) is 11.3. The first-order valence-electron chi connectivity index (χ1n) is 34.4. The van der Waals surface area contributed by atoms with Gasteiger partial charge in [0.1, 0.15) is 48.8 Å². The number of carbonyl (C=O) groups excluding carboxylic acids is 1. The quantitative estimate of drug-likeness (QED) is 0.0204. The highest BCUT2D eigenvalue weighted by Gasteiger charge is 2.51. The molecule has 486 valence electrons. The first-order chi connectivity index (χ1) is 40.6. The third kappa shape index (κ3) is 38.8. The summed E-state index contributed by atoms with van der Waals surface area (Å²) < 4.78 is 22.9. The lowest BCUT2D eigenvalue weighted by Gasteiger charge is -2.46. The molecule has 83 heavy (non-hydrogen) atoms. The molecule has 1 amide bonds. The number of rotatable bonds is 56. The predicted octanol–water partition coefficient (Wildman–Crippen LogP) is 13.5. The minimum Gasteiger partial charge on any atom is -0.394 e. The van der Waals surface area contributed by atoms with Gasteiger partial charge in [-0.05, 0) is 51.4 Å². The van der Waals surface area contributed by atoms with Gasteiger partial charge < -0.3 is 65.1 Å². The van der Waals surface area contributed by atoms with Gasteiger partial charge in [0.25, 0.3) is 0 Å². The van der Waals surface area contributed by atoms with E-state index >= 15 is 0 Å². The Morgan fingerprint density at radius 3 is 1.28 bits per heavy atom. The minimum atomic E-state index is -1.78. The van der Waals surface area contributed by atoms with Gasteiger partial charge in [-0.25, -0.2) is 0 Å². The van der Waals surface area contributed by atoms with Crippen LogP contribution in [0.4, 0.5) is 0 Å². The molecule has 0 saturated carbocycles. The first-order valence-corrected chi connectivity index (χ1v) is 34.4. The smallest absolute Gasteiger partial charge is 0.220 e. The number of amides is 1. The van der Waals surface area contributed by atoms with E-state index in [2.05, 4.69) is 67.8 Å². The third-order valence-corrected chi connectivity index (χ3v) is 16.8. The number of carbonyl (C=O) groups is 1. The molecule has 2 heterocycles. The summed E-state index contributed by atoms with van der Waals surface area (Å²) in [5.74, 6) is -0.209. The average molecular weight is 1180 g/mol. The molecule has 0 spiro atoms. The number of hydrogen-bond acceptors (Lipinski definition) is 13. The van der Waals surface area contributed by atoms with Crippen LogP contribution in [-0.2, 0) is 23.7 Å². The summed E-state index contributed by atoms with van der Waals surface area (Å²) in [7, 11) is 0. The monoisotopic (exact) mass is 1180 g/mol. The summed E-state index contributed by atoms with van der Waals surface area (Å²) in [4.78, 5) is 13.3. The molecule has 12 atom stereocenters. The summed E-state index contributed by atoms with van der Waals surface area (Å²) in [6.45, 7) is 2.78.